The maximum Gasteiger partial charge on any atom is 0.325 e. The molecule has 0 saturated heterocycles. The first-order valence-electron chi connectivity index (χ1n) is 7.61. The van der Waals surface area contributed by atoms with Gasteiger partial charge < -0.3 is 14.0 Å². The molecule has 2 aromatic carbocycles. The Morgan fingerprint density at radius 1 is 1.19 bits per heavy atom. The minimum atomic E-state index is -0.460. The molecule has 1 amide bonds. The average Bonchev–Trinajstić information content (AvgIpc) is 2.97. The van der Waals surface area contributed by atoms with Gasteiger partial charge in [0, 0.05) is 5.02 Å². The molecule has 8 heteroatoms. The van der Waals surface area contributed by atoms with Crippen molar-refractivity contribution in [2.45, 2.75) is 6.54 Å². The molecule has 6 nitrogen and oxygen atoms in total. The summed E-state index contributed by atoms with van der Waals surface area (Å²) in [6.45, 7) is -0.0594. The first-order valence-corrected chi connectivity index (χ1v) is 8.80. The molecule has 1 aromatic heterocycles. The number of hydrogen-bond acceptors (Lipinski definition) is 5. The molecule has 26 heavy (non-hydrogen) atoms. The van der Waals surface area contributed by atoms with E-state index in [0.29, 0.717) is 21.1 Å². The lowest BCUT2D eigenvalue weighted by atomic mass is 10.2. The van der Waals surface area contributed by atoms with Gasteiger partial charge in [-0.2, -0.15) is 4.99 Å². The molecule has 134 valence electrons. The van der Waals surface area contributed by atoms with Gasteiger partial charge in [0.2, 0.25) is 0 Å². The smallest absolute Gasteiger partial charge is 0.325 e. The highest BCUT2D eigenvalue weighted by Crippen LogP contribution is 2.23. The summed E-state index contributed by atoms with van der Waals surface area (Å²) in [7, 11) is 2.80. The Hall–Kier alpha value is -2.64. The van der Waals surface area contributed by atoms with Crippen LogP contribution in [0.25, 0.3) is 10.2 Å². The number of benzene rings is 2. The number of carbonyl (C=O) groups excluding carboxylic acids is 2. The first-order chi connectivity index (χ1) is 12.5. The maximum atomic E-state index is 12.6. The van der Waals surface area contributed by atoms with E-state index >= 15 is 0 Å². The summed E-state index contributed by atoms with van der Waals surface area (Å²) in [5, 5.41) is 0.562. The van der Waals surface area contributed by atoms with Crippen molar-refractivity contribution in [2.24, 2.45) is 4.99 Å². The van der Waals surface area contributed by atoms with Crippen molar-refractivity contribution in [3.05, 3.63) is 57.9 Å². The summed E-state index contributed by atoms with van der Waals surface area (Å²) in [6, 6.07) is 12.1. The molecular formula is C18H15ClN2O4S. The van der Waals surface area contributed by atoms with E-state index in [1.807, 2.05) is 0 Å². The van der Waals surface area contributed by atoms with E-state index in [-0.39, 0.29) is 6.54 Å². The van der Waals surface area contributed by atoms with Gasteiger partial charge in [-0.1, -0.05) is 35.1 Å². The Balaban J connectivity index is 2.16. The zero-order chi connectivity index (χ0) is 18.7. The molecule has 1 heterocycles. The Morgan fingerprint density at radius 2 is 1.96 bits per heavy atom. The first kappa shape index (κ1) is 18.2. The summed E-state index contributed by atoms with van der Waals surface area (Å²) in [5.74, 6) is -0.463. The van der Waals surface area contributed by atoms with Crippen molar-refractivity contribution in [3.63, 3.8) is 0 Å². The Morgan fingerprint density at radius 3 is 2.69 bits per heavy atom. The molecule has 0 aliphatic heterocycles. The van der Waals surface area contributed by atoms with Crippen LogP contribution in [0, 0.1) is 0 Å². The maximum absolute atomic E-state index is 12.6. The third-order valence-corrected chi connectivity index (χ3v) is 4.97. The molecule has 0 radical (unpaired) electrons. The number of carbonyl (C=O) groups is 2. The zero-order valence-corrected chi connectivity index (χ0v) is 15.6. The van der Waals surface area contributed by atoms with Crippen molar-refractivity contribution in [1.29, 1.82) is 0 Å². The second-order valence-corrected chi connectivity index (χ2v) is 6.72. The zero-order valence-electron chi connectivity index (χ0n) is 14.1. The van der Waals surface area contributed by atoms with E-state index < -0.39 is 11.9 Å². The van der Waals surface area contributed by atoms with Crippen LogP contribution in [0.5, 0.6) is 5.75 Å². The third kappa shape index (κ3) is 3.63. The van der Waals surface area contributed by atoms with Gasteiger partial charge in [0.05, 0.1) is 30.0 Å². The largest absolute Gasteiger partial charge is 0.496 e. The number of thiazole rings is 1. The molecule has 0 aliphatic rings. The molecule has 0 aliphatic carbocycles. The standard InChI is InChI=1S/C18H15ClN2O4S/c1-24-14-6-4-3-5-12(14)17(23)20-18-21(10-16(22)25-2)13-8-7-11(19)9-15(13)26-18/h3-9H,10H2,1-2H3. The molecule has 0 spiro atoms. The van der Waals surface area contributed by atoms with Crippen LogP contribution in [0.2, 0.25) is 5.02 Å². The van der Waals surface area contributed by atoms with Crippen molar-refractivity contribution >= 4 is 45.0 Å². The van der Waals surface area contributed by atoms with Gasteiger partial charge in [0.15, 0.2) is 4.80 Å². The topological polar surface area (TPSA) is 69.9 Å². The summed E-state index contributed by atoms with van der Waals surface area (Å²) in [6.07, 6.45) is 0. The summed E-state index contributed by atoms with van der Waals surface area (Å²) in [5.41, 5.74) is 1.09. The lowest BCUT2D eigenvalue weighted by molar-refractivity contribution is -0.141. The minimum absolute atomic E-state index is 0.0594. The number of halogens is 1. The van der Waals surface area contributed by atoms with E-state index in [1.54, 1.807) is 47.0 Å². The second-order valence-electron chi connectivity index (χ2n) is 5.28. The van der Waals surface area contributed by atoms with E-state index in [1.165, 1.54) is 25.6 Å². The molecule has 0 fully saturated rings. The van der Waals surface area contributed by atoms with Crippen LogP contribution in [0.1, 0.15) is 10.4 Å². The highest BCUT2D eigenvalue weighted by molar-refractivity contribution is 7.16. The molecule has 0 bridgehead atoms. The molecule has 3 aromatic rings. The Labute approximate surface area is 158 Å². The normalized spacial score (nSPS) is 11.6. The number of rotatable bonds is 4. The number of fused-ring (bicyclic) bond motifs is 1. The summed E-state index contributed by atoms with van der Waals surface area (Å²) in [4.78, 5) is 29.0. The Bertz CT molecular complexity index is 1050. The second kappa shape index (κ2) is 7.72. The SMILES string of the molecule is COC(=O)Cn1c(=NC(=O)c2ccccc2OC)sc2cc(Cl)ccc21. The van der Waals surface area contributed by atoms with Gasteiger partial charge in [-0.15, -0.1) is 0 Å². The Kier molecular flexibility index (Phi) is 5.39. The van der Waals surface area contributed by atoms with Gasteiger partial charge in [0.1, 0.15) is 12.3 Å². The fourth-order valence-corrected chi connectivity index (χ4v) is 3.75. The van der Waals surface area contributed by atoms with E-state index in [9.17, 15) is 9.59 Å². The average molecular weight is 391 g/mol. The number of aromatic nitrogens is 1. The van der Waals surface area contributed by atoms with Crippen LogP contribution in [-0.2, 0) is 16.1 Å². The van der Waals surface area contributed by atoms with Crippen LogP contribution < -0.4 is 9.54 Å². The number of methoxy groups -OCH3 is 2. The highest BCUT2D eigenvalue weighted by Gasteiger charge is 2.14. The van der Waals surface area contributed by atoms with E-state index in [4.69, 9.17) is 21.1 Å². The fourth-order valence-electron chi connectivity index (χ4n) is 2.45. The molecule has 0 N–H and O–H groups in total. The van der Waals surface area contributed by atoms with Gasteiger partial charge in [0.25, 0.3) is 5.91 Å². The molecule has 0 saturated carbocycles. The van der Waals surface area contributed by atoms with Crippen LogP contribution in [0.15, 0.2) is 47.5 Å². The molecule has 0 unspecified atom stereocenters. The predicted molar refractivity (Wildman–Crippen MR) is 99.7 cm³/mol. The lowest BCUT2D eigenvalue weighted by Crippen LogP contribution is -2.22. The minimum Gasteiger partial charge on any atom is -0.496 e. The van der Waals surface area contributed by atoms with Crippen molar-refractivity contribution < 1.29 is 19.1 Å². The van der Waals surface area contributed by atoms with Gasteiger partial charge >= 0.3 is 5.97 Å². The molecular weight excluding hydrogens is 376 g/mol. The van der Waals surface area contributed by atoms with E-state index in [0.717, 1.165) is 10.2 Å². The number of ether oxygens (including phenoxy) is 2. The van der Waals surface area contributed by atoms with Gasteiger partial charge in [-0.25, -0.2) is 0 Å². The fraction of sp³-hybridized carbons (Fsp3) is 0.167. The lowest BCUT2D eigenvalue weighted by Gasteiger charge is -2.05. The summed E-state index contributed by atoms with van der Waals surface area (Å²) >= 11 is 7.32. The third-order valence-electron chi connectivity index (χ3n) is 3.69. The predicted octanol–water partition coefficient (Wildman–Crippen LogP) is 3.28. The van der Waals surface area contributed by atoms with Gasteiger partial charge in [-0.05, 0) is 30.3 Å². The summed E-state index contributed by atoms with van der Waals surface area (Å²) < 4.78 is 12.4. The van der Waals surface area contributed by atoms with Crippen LogP contribution in [-0.4, -0.2) is 30.7 Å². The quantitative estimate of drug-likeness (QED) is 0.641. The van der Waals surface area contributed by atoms with Crippen molar-refractivity contribution in [2.75, 3.05) is 14.2 Å². The van der Waals surface area contributed by atoms with E-state index in [2.05, 4.69) is 4.99 Å². The molecule has 3 rings (SSSR count). The number of esters is 1. The number of amides is 1. The monoisotopic (exact) mass is 390 g/mol. The van der Waals surface area contributed by atoms with Gasteiger partial charge in [-0.3, -0.25) is 9.59 Å². The number of hydrogen-bond donors (Lipinski definition) is 0. The molecule has 0 atom stereocenters. The van der Waals surface area contributed by atoms with Crippen molar-refractivity contribution in [3.8, 4) is 5.75 Å². The van der Waals surface area contributed by atoms with Crippen molar-refractivity contribution in [1.82, 2.24) is 4.57 Å². The van der Waals surface area contributed by atoms with Crippen LogP contribution in [0.4, 0.5) is 0 Å². The highest BCUT2D eigenvalue weighted by atomic mass is 35.5. The number of para-hydroxylation sites is 1. The van der Waals surface area contributed by atoms with Crippen LogP contribution in [0.3, 0.4) is 0 Å². The van der Waals surface area contributed by atoms with Crippen LogP contribution >= 0.6 is 22.9 Å². The number of nitrogens with zero attached hydrogens (tertiary/aromatic N) is 2.